The van der Waals surface area contributed by atoms with Crippen molar-refractivity contribution in [2.24, 2.45) is 5.73 Å². The lowest BCUT2D eigenvalue weighted by Crippen LogP contribution is -1.98. The standard InChI is InChI=1S/C15H12ClN3S/c16-11-6-5-10(8-17)14(7-11)20-15-12-3-1-2-4-13(12)18-9-19-15/h1-7,9H,8,17H2. The summed E-state index contributed by atoms with van der Waals surface area (Å²) in [6.45, 7) is 0.475. The molecule has 1 heterocycles. The second-order valence-corrected chi connectivity index (χ2v) is 5.72. The van der Waals surface area contributed by atoms with Gasteiger partial charge < -0.3 is 5.73 Å². The van der Waals surface area contributed by atoms with E-state index < -0.39 is 0 Å². The molecule has 100 valence electrons. The molecule has 0 unspecified atom stereocenters. The minimum Gasteiger partial charge on any atom is -0.326 e. The first-order chi connectivity index (χ1) is 9.78. The lowest BCUT2D eigenvalue weighted by atomic mass is 10.2. The third-order valence-corrected chi connectivity index (χ3v) is 4.32. The molecule has 0 radical (unpaired) electrons. The van der Waals surface area contributed by atoms with Gasteiger partial charge in [0, 0.05) is 21.8 Å². The summed E-state index contributed by atoms with van der Waals surface area (Å²) < 4.78 is 0. The van der Waals surface area contributed by atoms with Crippen molar-refractivity contribution in [3.63, 3.8) is 0 Å². The topological polar surface area (TPSA) is 51.8 Å². The van der Waals surface area contributed by atoms with E-state index in [2.05, 4.69) is 9.97 Å². The molecule has 3 aromatic rings. The maximum Gasteiger partial charge on any atom is 0.117 e. The number of nitrogens with zero attached hydrogens (tertiary/aromatic N) is 2. The summed E-state index contributed by atoms with van der Waals surface area (Å²) in [5.41, 5.74) is 7.77. The highest BCUT2D eigenvalue weighted by atomic mass is 35.5. The van der Waals surface area contributed by atoms with Crippen molar-refractivity contribution in [3.8, 4) is 0 Å². The number of halogens is 1. The molecule has 0 amide bonds. The molecule has 0 spiro atoms. The van der Waals surface area contributed by atoms with Crippen LogP contribution in [0.4, 0.5) is 0 Å². The molecule has 3 nitrogen and oxygen atoms in total. The molecule has 0 fully saturated rings. The SMILES string of the molecule is NCc1ccc(Cl)cc1Sc1ncnc2ccccc12. The van der Waals surface area contributed by atoms with Crippen LogP contribution >= 0.6 is 23.4 Å². The summed E-state index contributed by atoms with van der Waals surface area (Å²) in [7, 11) is 0. The van der Waals surface area contributed by atoms with Gasteiger partial charge in [-0.25, -0.2) is 9.97 Å². The first-order valence-electron chi connectivity index (χ1n) is 6.14. The van der Waals surface area contributed by atoms with E-state index in [4.69, 9.17) is 17.3 Å². The quantitative estimate of drug-likeness (QED) is 0.746. The molecule has 0 atom stereocenters. The van der Waals surface area contributed by atoms with Crippen molar-refractivity contribution in [2.45, 2.75) is 16.5 Å². The van der Waals surface area contributed by atoms with E-state index in [0.717, 1.165) is 26.4 Å². The van der Waals surface area contributed by atoms with E-state index in [1.54, 1.807) is 18.1 Å². The highest BCUT2D eigenvalue weighted by molar-refractivity contribution is 7.99. The van der Waals surface area contributed by atoms with Crippen molar-refractivity contribution in [1.29, 1.82) is 0 Å². The molecule has 3 rings (SSSR count). The zero-order valence-corrected chi connectivity index (χ0v) is 12.2. The Morgan fingerprint density at radius 3 is 2.80 bits per heavy atom. The van der Waals surface area contributed by atoms with E-state index in [1.807, 2.05) is 42.5 Å². The van der Waals surface area contributed by atoms with Gasteiger partial charge in [-0.15, -0.1) is 0 Å². The Labute approximate surface area is 126 Å². The first-order valence-corrected chi connectivity index (χ1v) is 7.33. The van der Waals surface area contributed by atoms with Gasteiger partial charge in [0.05, 0.1) is 5.52 Å². The molecule has 0 aliphatic rings. The number of rotatable bonds is 3. The highest BCUT2D eigenvalue weighted by Gasteiger charge is 2.09. The lowest BCUT2D eigenvalue weighted by molar-refractivity contribution is 1.02. The van der Waals surface area contributed by atoms with Crippen LogP contribution < -0.4 is 5.73 Å². The van der Waals surface area contributed by atoms with E-state index in [0.29, 0.717) is 11.6 Å². The normalized spacial score (nSPS) is 10.9. The summed E-state index contributed by atoms with van der Waals surface area (Å²) in [6.07, 6.45) is 1.58. The van der Waals surface area contributed by atoms with Gasteiger partial charge in [-0.05, 0) is 23.8 Å². The monoisotopic (exact) mass is 301 g/mol. The lowest BCUT2D eigenvalue weighted by Gasteiger charge is -2.09. The largest absolute Gasteiger partial charge is 0.326 e. The number of para-hydroxylation sites is 1. The number of benzene rings is 2. The van der Waals surface area contributed by atoms with Crippen LogP contribution in [0.15, 0.2) is 58.7 Å². The van der Waals surface area contributed by atoms with E-state index >= 15 is 0 Å². The van der Waals surface area contributed by atoms with Gasteiger partial charge >= 0.3 is 0 Å². The second kappa shape index (κ2) is 5.79. The maximum atomic E-state index is 6.07. The van der Waals surface area contributed by atoms with Crippen LogP contribution in [0.25, 0.3) is 10.9 Å². The van der Waals surface area contributed by atoms with Crippen molar-refractivity contribution < 1.29 is 0 Å². The highest BCUT2D eigenvalue weighted by Crippen LogP contribution is 2.34. The summed E-state index contributed by atoms with van der Waals surface area (Å²) in [5.74, 6) is 0. The van der Waals surface area contributed by atoms with Crippen LogP contribution in [0.5, 0.6) is 0 Å². The predicted molar refractivity (Wildman–Crippen MR) is 83.0 cm³/mol. The fourth-order valence-electron chi connectivity index (χ4n) is 1.96. The number of nitrogens with two attached hydrogens (primary N) is 1. The van der Waals surface area contributed by atoms with Gasteiger partial charge in [-0.2, -0.15) is 0 Å². The number of hydrogen-bond acceptors (Lipinski definition) is 4. The minimum absolute atomic E-state index is 0.475. The Bertz CT molecular complexity index is 756. The third-order valence-electron chi connectivity index (χ3n) is 2.96. The fourth-order valence-corrected chi connectivity index (χ4v) is 3.25. The molecule has 1 aromatic heterocycles. The van der Waals surface area contributed by atoms with Crippen molar-refractivity contribution in [3.05, 3.63) is 59.4 Å². The number of aromatic nitrogens is 2. The van der Waals surface area contributed by atoms with Crippen LogP contribution in [0.2, 0.25) is 5.02 Å². The zero-order valence-electron chi connectivity index (χ0n) is 10.6. The molecule has 0 saturated carbocycles. The number of hydrogen-bond donors (Lipinski definition) is 1. The molecule has 2 aromatic carbocycles. The molecule has 5 heteroatoms. The third kappa shape index (κ3) is 2.63. The molecular weight excluding hydrogens is 290 g/mol. The first kappa shape index (κ1) is 13.4. The van der Waals surface area contributed by atoms with Gasteiger partial charge in [0.25, 0.3) is 0 Å². The smallest absolute Gasteiger partial charge is 0.117 e. The summed E-state index contributed by atoms with van der Waals surface area (Å²) >= 11 is 7.64. The molecular formula is C15H12ClN3S. The van der Waals surface area contributed by atoms with Crippen molar-refractivity contribution in [2.75, 3.05) is 0 Å². The predicted octanol–water partition coefficient (Wildman–Crippen LogP) is 3.89. The van der Waals surface area contributed by atoms with Gasteiger partial charge in [0.15, 0.2) is 0 Å². The Hall–Kier alpha value is -1.62. The van der Waals surface area contributed by atoms with E-state index in [9.17, 15) is 0 Å². The molecule has 0 aliphatic heterocycles. The fraction of sp³-hybridized carbons (Fsp3) is 0.0667. The molecule has 0 saturated heterocycles. The molecule has 2 N–H and O–H groups in total. The summed E-state index contributed by atoms with van der Waals surface area (Å²) in [6, 6.07) is 13.7. The molecule has 0 bridgehead atoms. The van der Waals surface area contributed by atoms with Crippen molar-refractivity contribution in [1.82, 2.24) is 9.97 Å². The average molecular weight is 302 g/mol. The van der Waals surface area contributed by atoms with Crippen LogP contribution in [-0.4, -0.2) is 9.97 Å². The van der Waals surface area contributed by atoms with Gasteiger partial charge in [0.2, 0.25) is 0 Å². The maximum absolute atomic E-state index is 6.07. The average Bonchev–Trinajstić information content (AvgIpc) is 2.48. The zero-order chi connectivity index (χ0) is 13.9. The van der Waals surface area contributed by atoms with Gasteiger partial charge in [-0.3, -0.25) is 0 Å². The minimum atomic E-state index is 0.475. The van der Waals surface area contributed by atoms with E-state index in [1.165, 1.54) is 0 Å². The Kier molecular flexibility index (Phi) is 3.87. The van der Waals surface area contributed by atoms with Crippen LogP contribution in [-0.2, 0) is 6.54 Å². The van der Waals surface area contributed by atoms with Crippen LogP contribution in [0.3, 0.4) is 0 Å². The van der Waals surface area contributed by atoms with Gasteiger partial charge in [0.1, 0.15) is 11.4 Å². The summed E-state index contributed by atoms with van der Waals surface area (Å²) in [5, 5.41) is 2.64. The van der Waals surface area contributed by atoms with Crippen LogP contribution in [0, 0.1) is 0 Å². The Morgan fingerprint density at radius 1 is 1.10 bits per heavy atom. The second-order valence-electron chi connectivity index (χ2n) is 4.25. The number of fused-ring (bicyclic) bond motifs is 1. The summed E-state index contributed by atoms with van der Waals surface area (Å²) in [4.78, 5) is 9.67. The van der Waals surface area contributed by atoms with Crippen LogP contribution in [0.1, 0.15) is 5.56 Å². The Morgan fingerprint density at radius 2 is 1.95 bits per heavy atom. The van der Waals surface area contributed by atoms with Gasteiger partial charge in [-0.1, -0.05) is 47.6 Å². The Balaban J connectivity index is 2.07. The molecule has 20 heavy (non-hydrogen) atoms. The van der Waals surface area contributed by atoms with E-state index in [-0.39, 0.29) is 0 Å². The van der Waals surface area contributed by atoms with Crippen molar-refractivity contribution >= 4 is 34.3 Å². The molecule has 0 aliphatic carbocycles.